The summed E-state index contributed by atoms with van der Waals surface area (Å²) in [6.45, 7) is 0. The Hall–Kier alpha value is -3.91. The maximum atomic E-state index is 12.5. The lowest BCUT2D eigenvalue weighted by atomic mass is 10.2. The number of benzene rings is 3. The molecule has 0 spiro atoms. The molecule has 0 atom stereocenters. The van der Waals surface area contributed by atoms with E-state index in [0.717, 1.165) is 11.6 Å². The van der Waals surface area contributed by atoms with Gasteiger partial charge in [-0.1, -0.05) is 17.7 Å². The number of halogens is 1. The largest absolute Gasteiger partial charge is 0.497 e. The van der Waals surface area contributed by atoms with Gasteiger partial charge < -0.3 is 14.5 Å². The number of amides is 1. The number of fused-ring (bicyclic) bond motifs is 1. The lowest BCUT2D eigenvalue weighted by Crippen LogP contribution is -2.12. The third-order valence-corrected chi connectivity index (χ3v) is 4.69. The molecule has 1 heterocycles. The first-order chi connectivity index (χ1) is 14.4. The molecule has 1 amide bonds. The smallest absolute Gasteiger partial charge is 0.288 e. The van der Waals surface area contributed by atoms with Gasteiger partial charge in [-0.2, -0.15) is 0 Å². The van der Waals surface area contributed by atoms with Crippen LogP contribution in [0.3, 0.4) is 0 Å². The molecule has 0 bridgehead atoms. The zero-order chi connectivity index (χ0) is 21.3. The fourth-order valence-electron chi connectivity index (χ4n) is 2.88. The Kier molecular flexibility index (Phi) is 5.07. The minimum absolute atomic E-state index is 0.0364. The van der Waals surface area contributed by atoms with E-state index in [0.29, 0.717) is 28.4 Å². The quantitative estimate of drug-likeness (QED) is 0.344. The maximum Gasteiger partial charge on any atom is 0.288 e. The molecule has 0 aliphatic rings. The number of nitrogens with one attached hydrogen (secondary N) is 1. The Bertz CT molecular complexity index is 1280. The molecular formula is C21H14ClN3O5. The van der Waals surface area contributed by atoms with Crippen LogP contribution >= 0.6 is 11.6 Å². The number of carbonyl (C=O) groups is 1. The lowest BCUT2D eigenvalue weighted by Gasteiger charge is -2.05. The van der Waals surface area contributed by atoms with E-state index in [-0.39, 0.29) is 16.3 Å². The number of rotatable bonds is 5. The van der Waals surface area contributed by atoms with Crippen molar-refractivity contribution >= 4 is 40.0 Å². The van der Waals surface area contributed by atoms with Crippen molar-refractivity contribution in [3.05, 3.63) is 81.4 Å². The molecule has 1 aromatic heterocycles. The number of hydrogen-bond donors (Lipinski definition) is 1. The number of methoxy groups -OCH3 is 1. The van der Waals surface area contributed by atoms with Gasteiger partial charge in [-0.3, -0.25) is 14.9 Å². The predicted octanol–water partition coefficient (Wildman–Crippen LogP) is 5.32. The molecule has 8 nitrogen and oxygen atoms in total. The number of nitro benzene ring substituents is 1. The summed E-state index contributed by atoms with van der Waals surface area (Å²) in [5, 5.41) is 13.7. The van der Waals surface area contributed by atoms with Gasteiger partial charge >= 0.3 is 0 Å². The highest BCUT2D eigenvalue weighted by molar-refractivity contribution is 6.32. The molecule has 9 heteroatoms. The molecule has 150 valence electrons. The fourth-order valence-corrected chi connectivity index (χ4v) is 3.07. The maximum absolute atomic E-state index is 12.5. The van der Waals surface area contributed by atoms with Gasteiger partial charge in [0, 0.05) is 22.9 Å². The van der Waals surface area contributed by atoms with Crippen molar-refractivity contribution in [2.75, 3.05) is 12.4 Å². The van der Waals surface area contributed by atoms with Crippen LogP contribution in [0.2, 0.25) is 5.02 Å². The third kappa shape index (κ3) is 3.81. The lowest BCUT2D eigenvalue weighted by molar-refractivity contribution is -0.384. The van der Waals surface area contributed by atoms with Gasteiger partial charge in [-0.15, -0.1) is 0 Å². The van der Waals surface area contributed by atoms with E-state index in [4.69, 9.17) is 20.8 Å². The predicted molar refractivity (Wildman–Crippen MR) is 112 cm³/mol. The SMILES string of the molecule is COc1cccc(-c2nc3cc(NC(=O)c4ccc(Cl)c([N+](=O)[O-])c4)ccc3o2)c1. The Labute approximate surface area is 175 Å². The zero-order valence-electron chi connectivity index (χ0n) is 15.6. The number of aromatic nitrogens is 1. The van der Waals surface area contributed by atoms with E-state index in [1.165, 1.54) is 12.1 Å². The second-order valence-electron chi connectivity index (χ2n) is 6.31. The molecular weight excluding hydrogens is 410 g/mol. The van der Waals surface area contributed by atoms with Crippen LogP contribution < -0.4 is 10.1 Å². The third-order valence-electron chi connectivity index (χ3n) is 4.37. The average molecular weight is 424 g/mol. The van der Waals surface area contributed by atoms with Crippen LogP contribution in [0.5, 0.6) is 5.75 Å². The van der Waals surface area contributed by atoms with Gasteiger partial charge in [0.2, 0.25) is 5.89 Å². The first kappa shape index (κ1) is 19.4. The summed E-state index contributed by atoms with van der Waals surface area (Å²) < 4.78 is 11.0. The van der Waals surface area contributed by atoms with Crippen LogP contribution in [-0.4, -0.2) is 22.9 Å². The molecule has 3 aromatic carbocycles. The zero-order valence-corrected chi connectivity index (χ0v) is 16.3. The van der Waals surface area contributed by atoms with Crippen LogP contribution in [0, 0.1) is 10.1 Å². The molecule has 0 unspecified atom stereocenters. The van der Waals surface area contributed by atoms with Crippen LogP contribution in [0.1, 0.15) is 10.4 Å². The van der Waals surface area contributed by atoms with Crippen molar-refractivity contribution in [1.82, 2.24) is 4.98 Å². The molecule has 0 saturated heterocycles. The molecule has 0 fully saturated rings. The van der Waals surface area contributed by atoms with Crippen LogP contribution in [0.4, 0.5) is 11.4 Å². The van der Waals surface area contributed by atoms with Gasteiger partial charge in [0.15, 0.2) is 5.58 Å². The second kappa shape index (κ2) is 7.84. The number of hydrogen-bond acceptors (Lipinski definition) is 6. The van der Waals surface area contributed by atoms with E-state index < -0.39 is 10.8 Å². The summed E-state index contributed by atoms with van der Waals surface area (Å²) in [4.78, 5) is 27.4. The van der Waals surface area contributed by atoms with Crippen LogP contribution in [-0.2, 0) is 0 Å². The number of nitro groups is 1. The average Bonchev–Trinajstić information content (AvgIpc) is 3.17. The molecule has 4 aromatic rings. The van der Waals surface area contributed by atoms with E-state index in [9.17, 15) is 14.9 Å². The highest BCUT2D eigenvalue weighted by Crippen LogP contribution is 2.29. The molecule has 0 aliphatic carbocycles. The monoisotopic (exact) mass is 423 g/mol. The van der Waals surface area contributed by atoms with E-state index in [1.807, 2.05) is 18.2 Å². The first-order valence-electron chi connectivity index (χ1n) is 8.75. The van der Waals surface area contributed by atoms with Gasteiger partial charge in [0.25, 0.3) is 11.6 Å². The standard InChI is InChI=1S/C21H14ClN3O5/c1-29-15-4-2-3-13(9-15)21-24-17-11-14(6-8-19(17)30-21)23-20(26)12-5-7-16(22)18(10-12)25(27)28/h2-11H,1H3,(H,23,26). The fraction of sp³-hybridized carbons (Fsp3) is 0.0476. The van der Waals surface area contributed by atoms with E-state index >= 15 is 0 Å². The Morgan fingerprint density at radius 2 is 2.00 bits per heavy atom. The minimum Gasteiger partial charge on any atom is -0.497 e. The normalized spacial score (nSPS) is 10.7. The van der Waals surface area contributed by atoms with E-state index in [1.54, 1.807) is 31.4 Å². The Morgan fingerprint density at radius 3 is 2.77 bits per heavy atom. The number of carbonyl (C=O) groups excluding carboxylic acids is 1. The Balaban J connectivity index is 1.60. The summed E-state index contributed by atoms with van der Waals surface area (Å²) in [5.41, 5.74) is 2.10. The van der Waals surface area contributed by atoms with E-state index in [2.05, 4.69) is 10.3 Å². The molecule has 1 N–H and O–H groups in total. The van der Waals surface area contributed by atoms with Crippen molar-refractivity contribution in [3.63, 3.8) is 0 Å². The second-order valence-corrected chi connectivity index (χ2v) is 6.72. The first-order valence-corrected chi connectivity index (χ1v) is 9.13. The summed E-state index contributed by atoms with van der Waals surface area (Å²) in [6, 6.07) is 16.2. The summed E-state index contributed by atoms with van der Waals surface area (Å²) >= 11 is 5.79. The van der Waals surface area contributed by atoms with Gasteiger partial charge in [-0.25, -0.2) is 4.98 Å². The highest BCUT2D eigenvalue weighted by Gasteiger charge is 2.17. The summed E-state index contributed by atoms with van der Waals surface area (Å²) in [7, 11) is 1.58. The van der Waals surface area contributed by atoms with Gasteiger partial charge in [-0.05, 0) is 48.5 Å². The van der Waals surface area contributed by atoms with Crippen molar-refractivity contribution in [3.8, 4) is 17.2 Å². The molecule has 0 radical (unpaired) electrons. The molecule has 0 saturated carbocycles. The van der Waals surface area contributed by atoms with Crippen molar-refractivity contribution in [2.45, 2.75) is 0 Å². The topological polar surface area (TPSA) is 108 Å². The molecule has 0 aliphatic heterocycles. The summed E-state index contributed by atoms with van der Waals surface area (Å²) in [6.07, 6.45) is 0. The number of anilines is 1. The molecule has 30 heavy (non-hydrogen) atoms. The van der Waals surface area contributed by atoms with Gasteiger partial charge in [0.05, 0.1) is 12.0 Å². The number of nitrogens with zero attached hydrogens (tertiary/aromatic N) is 2. The van der Waals surface area contributed by atoms with Crippen molar-refractivity contribution in [2.24, 2.45) is 0 Å². The Morgan fingerprint density at radius 1 is 1.17 bits per heavy atom. The van der Waals surface area contributed by atoms with Gasteiger partial charge in [0.1, 0.15) is 16.3 Å². The van der Waals surface area contributed by atoms with Crippen molar-refractivity contribution in [1.29, 1.82) is 0 Å². The van der Waals surface area contributed by atoms with Crippen molar-refractivity contribution < 1.29 is 18.9 Å². The highest BCUT2D eigenvalue weighted by atomic mass is 35.5. The molecule has 4 rings (SSSR count). The summed E-state index contributed by atoms with van der Waals surface area (Å²) in [5.74, 6) is 0.589. The number of ether oxygens (including phenoxy) is 1. The minimum atomic E-state index is -0.638. The van der Waals surface area contributed by atoms with Crippen LogP contribution in [0.15, 0.2) is 65.1 Å². The van der Waals surface area contributed by atoms with Crippen LogP contribution in [0.25, 0.3) is 22.6 Å². The number of oxazole rings is 1.